The van der Waals surface area contributed by atoms with Gasteiger partial charge in [-0.3, -0.25) is 4.79 Å². The lowest BCUT2D eigenvalue weighted by atomic mass is 10.0. The molecule has 0 radical (unpaired) electrons. The molecule has 3 N–H and O–H groups in total. The van der Waals surface area contributed by atoms with Crippen molar-refractivity contribution in [1.82, 2.24) is 21.3 Å². The number of hydrazine groups is 1. The van der Waals surface area contributed by atoms with Crippen LogP contribution in [0.3, 0.4) is 0 Å². The number of benzene rings is 1. The van der Waals surface area contributed by atoms with Crippen LogP contribution < -0.4 is 16.2 Å². The molecule has 1 amide bonds. The summed E-state index contributed by atoms with van der Waals surface area (Å²) in [5.41, 5.74) is 9.18. The Kier molecular flexibility index (Phi) is 4.22. The summed E-state index contributed by atoms with van der Waals surface area (Å²) in [5, 5.41) is 6.83. The molecule has 1 aliphatic heterocycles. The Morgan fingerprint density at radius 2 is 2.09 bits per heavy atom. The van der Waals surface area contributed by atoms with Crippen molar-refractivity contribution in [2.24, 2.45) is 0 Å². The fourth-order valence-electron chi connectivity index (χ4n) is 2.69. The smallest absolute Gasteiger partial charge is 0.238 e. The van der Waals surface area contributed by atoms with Gasteiger partial charge in [0, 0.05) is 18.2 Å². The molecule has 1 aromatic carbocycles. The molecule has 0 spiro atoms. The van der Waals surface area contributed by atoms with E-state index in [4.69, 9.17) is 4.52 Å². The first-order valence-corrected chi connectivity index (χ1v) is 7.40. The van der Waals surface area contributed by atoms with Gasteiger partial charge in [0.2, 0.25) is 5.91 Å². The summed E-state index contributed by atoms with van der Waals surface area (Å²) in [6.45, 7) is 4.16. The predicted molar refractivity (Wildman–Crippen MR) is 81.7 cm³/mol. The van der Waals surface area contributed by atoms with Gasteiger partial charge in [-0.15, -0.1) is 0 Å². The van der Waals surface area contributed by atoms with E-state index in [2.05, 4.69) is 33.5 Å². The van der Waals surface area contributed by atoms with Gasteiger partial charge < -0.3 is 9.84 Å². The minimum Gasteiger partial charge on any atom is -0.361 e. The van der Waals surface area contributed by atoms with E-state index in [0.717, 1.165) is 23.4 Å². The lowest BCUT2D eigenvalue weighted by molar-refractivity contribution is -0.123. The van der Waals surface area contributed by atoms with Gasteiger partial charge in [-0.1, -0.05) is 35.5 Å². The summed E-state index contributed by atoms with van der Waals surface area (Å²) in [6.07, 6.45) is 0.720. The largest absolute Gasteiger partial charge is 0.361 e. The van der Waals surface area contributed by atoms with E-state index in [-0.39, 0.29) is 18.0 Å². The predicted octanol–water partition coefficient (Wildman–Crippen LogP) is 1.52. The molecule has 6 nitrogen and oxygen atoms in total. The molecule has 1 fully saturated rings. The lowest BCUT2D eigenvalue weighted by Crippen LogP contribution is -2.43. The van der Waals surface area contributed by atoms with Crippen LogP contribution in [0.1, 0.15) is 35.0 Å². The van der Waals surface area contributed by atoms with Crippen molar-refractivity contribution in [3.05, 3.63) is 52.9 Å². The third-order valence-corrected chi connectivity index (χ3v) is 4.04. The topological polar surface area (TPSA) is 79.2 Å². The zero-order chi connectivity index (χ0) is 15.5. The Morgan fingerprint density at radius 3 is 2.77 bits per heavy atom. The molecular weight excluding hydrogens is 280 g/mol. The monoisotopic (exact) mass is 300 g/mol. The molecule has 1 saturated heterocycles. The van der Waals surface area contributed by atoms with Crippen molar-refractivity contribution >= 4 is 5.91 Å². The number of amides is 1. The van der Waals surface area contributed by atoms with Crippen LogP contribution in [-0.4, -0.2) is 17.1 Å². The molecule has 3 rings (SSSR count). The van der Waals surface area contributed by atoms with E-state index in [1.165, 1.54) is 5.56 Å². The van der Waals surface area contributed by atoms with Crippen LogP contribution in [-0.2, 0) is 11.3 Å². The first-order valence-electron chi connectivity index (χ1n) is 7.40. The Balaban J connectivity index is 1.56. The Hall–Kier alpha value is -2.18. The number of hydrogen-bond donors (Lipinski definition) is 3. The molecule has 2 unspecified atom stereocenters. The zero-order valence-corrected chi connectivity index (χ0v) is 12.7. The summed E-state index contributed by atoms with van der Waals surface area (Å²) in [4.78, 5) is 12.3. The summed E-state index contributed by atoms with van der Waals surface area (Å²) >= 11 is 0. The minimum absolute atomic E-state index is 0.0223. The van der Waals surface area contributed by atoms with Crippen molar-refractivity contribution in [1.29, 1.82) is 0 Å². The second kappa shape index (κ2) is 6.29. The van der Waals surface area contributed by atoms with Crippen molar-refractivity contribution in [3.63, 3.8) is 0 Å². The third-order valence-electron chi connectivity index (χ3n) is 4.04. The van der Waals surface area contributed by atoms with Gasteiger partial charge in [-0.25, -0.2) is 10.9 Å². The van der Waals surface area contributed by atoms with Crippen LogP contribution in [0.25, 0.3) is 0 Å². The van der Waals surface area contributed by atoms with Crippen LogP contribution in [0.15, 0.2) is 34.9 Å². The Labute approximate surface area is 129 Å². The molecule has 22 heavy (non-hydrogen) atoms. The maximum Gasteiger partial charge on any atom is 0.238 e. The molecule has 1 aliphatic rings. The average molecular weight is 300 g/mol. The maximum absolute atomic E-state index is 12.3. The van der Waals surface area contributed by atoms with Gasteiger partial charge in [0.25, 0.3) is 0 Å². The Bertz CT molecular complexity index is 634. The molecule has 2 heterocycles. The highest BCUT2D eigenvalue weighted by molar-refractivity contribution is 5.82. The fraction of sp³-hybridized carbons (Fsp3) is 0.375. The average Bonchev–Trinajstić information content (AvgIpc) is 3.14. The van der Waals surface area contributed by atoms with Crippen molar-refractivity contribution in [3.8, 4) is 0 Å². The molecule has 0 bridgehead atoms. The number of aromatic nitrogens is 1. The van der Waals surface area contributed by atoms with Gasteiger partial charge in [-0.05, 0) is 25.8 Å². The number of nitrogens with zero attached hydrogens (tertiary/aromatic N) is 1. The van der Waals surface area contributed by atoms with Crippen molar-refractivity contribution in [2.45, 2.75) is 38.9 Å². The molecule has 1 aromatic heterocycles. The van der Waals surface area contributed by atoms with Crippen molar-refractivity contribution < 1.29 is 9.32 Å². The summed E-state index contributed by atoms with van der Waals surface area (Å²) in [6, 6.07) is 10.0. The van der Waals surface area contributed by atoms with Gasteiger partial charge >= 0.3 is 0 Å². The van der Waals surface area contributed by atoms with Crippen LogP contribution in [0.5, 0.6) is 0 Å². The number of aryl methyl sites for hydroxylation is 2. The number of nitrogens with one attached hydrogen (secondary N) is 3. The Morgan fingerprint density at radius 1 is 1.32 bits per heavy atom. The van der Waals surface area contributed by atoms with Gasteiger partial charge in [0.1, 0.15) is 11.8 Å². The highest BCUT2D eigenvalue weighted by Crippen LogP contribution is 2.22. The van der Waals surface area contributed by atoms with E-state index in [1.54, 1.807) is 0 Å². The summed E-state index contributed by atoms with van der Waals surface area (Å²) in [7, 11) is 0. The number of rotatable bonds is 4. The van der Waals surface area contributed by atoms with E-state index >= 15 is 0 Å². The quantitative estimate of drug-likeness (QED) is 0.798. The van der Waals surface area contributed by atoms with Crippen LogP contribution in [0.4, 0.5) is 0 Å². The molecule has 2 atom stereocenters. The first-order chi connectivity index (χ1) is 10.6. The second-order valence-corrected chi connectivity index (χ2v) is 5.56. The van der Waals surface area contributed by atoms with E-state index < -0.39 is 0 Å². The molecule has 0 saturated carbocycles. The first kappa shape index (κ1) is 14.7. The molecular formula is C16H20N4O2. The number of carbonyl (C=O) groups is 1. The summed E-state index contributed by atoms with van der Waals surface area (Å²) < 4.78 is 5.10. The van der Waals surface area contributed by atoms with Crippen LogP contribution >= 0.6 is 0 Å². The highest BCUT2D eigenvalue weighted by atomic mass is 16.5. The van der Waals surface area contributed by atoms with Crippen LogP contribution in [0, 0.1) is 13.8 Å². The van der Waals surface area contributed by atoms with Gasteiger partial charge in [0.05, 0.1) is 5.69 Å². The van der Waals surface area contributed by atoms with E-state index in [1.807, 2.05) is 32.0 Å². The minimum atomic E-state index is -0.245. The van der Waals surface area contributed by atoms with E-state index in [0.29, 0.717) is 6.54 Å². The SMILES string of the molecule is Cc1noc(C)c1CNC(=O)C1CC(c2ccccc2)NN1. The molecule has 2 aromatic rings. The van der Waals surface area contributed by atoms with E-state index in [9.17, 15) is 4.79 Å². The normalized spacial score (nSPS) is 21.0. The lowest BCUT2D eigenvalue weighted by Gasteiger charge is -2.10. The molecule has 116 valence electrons. The van der Waals surface area contributed by atoms with Crippen molar-refractivity contribution in [2.75, 3.05) is 0 Å². The number of carbonyl (C=O) groups excluding carboxylic acids is 1. The van der Waals surface area contributed by atoms with Crippen LogP contribution in [0.2, 0.25) is 0 Å². The second-order valence-electron chi connectivity index (χ2n) is 5.56. The number of hydrogen-bond acceptors (Lipinski definition) is 5. The zero-order valence-electron chi connectivity index (χ0n) is 12.7. The molecule has 0 aliphatic carbocycles. The molecule has 6 heteroatoms. The third kappa shape index (κ3) is 3.03. The summed E-state index contributed by atoms with van der Waals surface area (Å²) in [5.74, 6) is 0.725. The standard InChI is InChI=1S/C16H20N4O2/c1-10-13(11(2)22-20-10)9-17-16(21)15-8-14(18-19-15)12-6-4-3-5-7-12/h3-7,14-15,18-19H,8-9H2,1-2H3,(H,17,21). The van der Waals surface area contributed by atoms with Gasteiger partial charge in [0.15, 0.2) is 0 Å². The van der Waals surface area contributed by atoms with Gasteiger partial charge in [-0.2, -0.15) is 0 Å². The fourth-order valence-corrected chi connectivity index (χ4v) is 2.69. The highest BCUT2D eigenvalue weighted by Gasteiger charge is 2.30. The maximum atomic E-state index is 12.3.